The molecule has 0 bridgehead atoms. The Labute approximate surface area is 90.1 Å². The van der Waals surface area contributed by atoms with E-state index in [1.165, 1.54) is 0 Å². The molecule has 3 rings (SSSR count). The first-order chi connectivity index (χ1) is 7.75. The fourth-order valence-corrected chi connectivity index (χ4v) is 1.71. The zero-order valence-corrected chi connectivity index (χ0v) is 8.58. The molecule has 0 fully saturated rings. The van der Waals surface area contributed by atoms with E-state index >= 15 is 0 Å². The minimum Gasteiger partial charge on any atom is -0.317 e. The van der Waals surface area contributed by atoms with Crippen LogP contribution in [0.15, 0.2) is 35.5 Å². The number of hydrogen-bond donors (Lipinski definition) is 1. The molecule has 0 saturated heterocycles. The second kappa shape index (κ2) is 3.06. The van der Waals surface area contributed by atoms with Crippen molar-refractivity contribution < 1.29 is 0 Å². The zero-order chi connectivity index (χ0) is 11.1. The SMILES string of the molecule is Cn1nccc1-c1cn2nccc2c(=O)[nH]1. The van der Waals surface area contributed by atoms with Crippen LogP contribution in [0.1, 0.15) is 0 Å². The van der Waals surface area contributed by atoms with Gasteiger partial charge in [-0.3, -0.25) is 9.48 Å². The number of fused-ring (bicyclic) bond motifs is 1. The molecule has 16 heavy (non-hydrogen) atoms. The van der Waals surface area contributed by atoms with Crippen LogP contribution in [0.3, 0.4) is 0 Å². The molecule has 0 aliphatic rings. The van der Waals surface area contributed by atoms with Crippen LogP contribution in [0.4, 0.5) is 0 Å². The van der Waals surface area contributed by atoms with Gasteiger partial charge in [0, 0.05) is 13.2 Å². The van der Waals surface area contributed by atoms with E-state index < -0.39 is 0 Å². The third kappa shape index (κ3) is 1.16. The topological polar surface area (TPSA) is 68.0 Å². The van der Waals surface area contributed by atoms with Gasteiger partial charge in [-0.25, -0.2) is 4.52 Å². The molecule has 80 valence electrons. The van der Waals surface area contributed by atoms with Crippen LogP contribution in [0.25, 0.3) is 16.9 Å². The second-order valence-electron chi connectivity index (χ2n) is 3.50. The number of aromatic amines is 1. The lowest BCUT2D eigenvalue weighted by Crippen LogP contribution is -2.11. The highest BCUT2D eigenvalue weighted by molar-refractivity contribution is 5.56. The number of aromatic nitrogens is 5. The minimum absolute atomic E-state index is 0.156. The summed E-state index contributed by atoms with van der Waals surface area (Å²) >= 11 is 0. The Morgan fingerprint density at radius 2 is 2.06 bits per heavy atom. The van der Waals surface area contributed by atoms with Gasteiger partial charge in [0.2, 0.25) is 0 Å². The number of rotatable bonds is 1. The van der Waals surface area contributed by atoms with Gasteiger partial charge in [-0.15, -0.1) is 0 Å². The van der Waals surface area contributed by atoms with Crippen molar-refractivity contribution in [1.29, 1.82) is 0 Å². The lowest BCUT2D eigenvalue weighted by molar-refractivity contribution is 0.771. The van der Waals surface area contributed by atoms with E-state index in [2.05, 4.69) is 15.2 Å². The first-order valence-electron chi connectivity index (χ1n) is 4.81. The maximum atomic E-state index is 11.7. The van der Waals surface area contributed by atoms with Crippen molar-refractivity contribution in [1.82, 2.24) is 24.4 Å². The van der Waals surface area contributed by atoms with E-state index in [0.29, 0.717) is 11.2 Å². The van der Waals surface area contributed by atoms with E-state index in [-0.39, 0.29) is 5.56 Å². The monoisotopic (exact) mass is 215 g/mol. The van der Waals surface area contributed by atoms with Gasteiger partial charge in [0.05, 0.1) is 23.8 Å². The van der Waals surface area contributed by atoms with Gasteiger partial charge in [-0.2, -0.15) is 10.2 Å². The van der Waals surface area contributed by atoms with E-state index in [4.69, 9.17) is 0 Å². The molecule has 3 heterocycles. The molecule has 0 radical (unpaired) electrons. The summed E-state index contributed by atoms with van der Waals surface area (Å²) in [6.07, 6.45) is 5.05. The van der Waals surface area contributed by atoms with Crippen molar-refractivity contribution in [3.63, 3.8) is 0 Å². The van der Waals surface area contributed by atoms with Gasteiger partial charge < -0.3 is 4.98 Å². The van der Waals surface area contributed by atoms with Gasteiger partial charge in [0.1, 0.15) is 5.52 Å². The molecule has 0 atom stereocenters. The van der Waals surface area contributed by atoms with Gasteiger partial charge in [-0.05, 0) is 12.1 Å². The predicted molar refractivity (Wildman–Crippen MR) is 58.0 cm³/mol. The van der Waals surface area contributed by atoms with Crippen LogP contribution in [0.2, 0.25) is 0 Å². The van der Waals surface area contributed by atoms with Crippen molar-refractivity contribution in [3.05, 3.63) is 41.1 Å². The molecule has 3 aromatic heterocycles. The van der Waals surface area contributed by atoms with Crippen LogP contribution < -0.4 is 5.56 Å². The van der Waals surface area contributed by atoms with Crippen molar-refractivity contribution in [2.24, 2.45) is 7.05 Å². The largest absolute Gasteiger partial charge is 0.317 e. The smallest absolute Gasteiger partial charge is 0.274 e. The summed E-state index contributed by atoms with van der Waals surface area (Å²) in [6, 6.07) is 3.51. The minimum atomic E-state index is -0.156. The maximum Gasteiger partial charge on any atom is 0.274 e. The van der Waals surface area contributed by atoms with E-state index in [9.17, 15) is 4.79 Å². The lowest BCUT2D eigenvalue weighted by Gasteiger charge is -2.02. The molecule has 0 spiro atoms. The molecule has 0 aromatic carbocycles. The second-order valence-corrected chi connectivity index (χ2v) is 3.50. The number of hydrogen-bond acceptors (Lipinski definition) is 3. The van der Waals surface area contributed by atoms with Crippen LogP contribution in [-0.4, -0.2) is 24.4 Å². The Bertz CT molecular complexity index is 705. The van der Waals surface area contributed by atoms with Crippen molar-refractivity contribution >= 4 is 5.52 Å². The average molecular weight is 215 g/mol. The summed E-state index contributed by atoms with van der Waals surface area (Å²) in [5, 5.41) is 8.10. The molecule has 6 nitrogen and oxygen atoms in total. The summed E-state index contributed by atoms with van der Waals surface area (Å²) in [5.41, 5.74) is 1.91. The molecule has 3 aromatic rings. The highest BCUT2D eigenvalue weighted by Crippen LogP contribution is 2.13. The quantitative estimate of drug-likeness (QED) is 0.639. The van der Waals surface area contributed by atoms with Crippen molar-refractivity contribution in [2.45, 2.75) is 0 Å². The van der Waals surface area contributed by atoms with Gasteiger partial charge in [0.15, 0.2) is 0 Å². The third-order valence-electron chi connectivity index (χ3n) is 2.50. The summed E-state index contributed by atoms with van der Waals surface area (Å²) < 4.78 is 3.25. The number of H-pyrrole nitrogens is 1. The van der Waals surface area contributed by atoms with E-state index in [1.54, 1.807) is 33.9 Å². The zero-order valence-electron chi connectivity index (χ0n) is 8.58. The maximum absolute atomic E-state index is 11.7. The molecule has 0 aliphatic carbocycles. The molecule has 0 amide bonds. The lowest BCUT2D eigenvalue weighted by atomic mass is 10.3. The third-order valence-corrected chi connectivity index (χ3v) is 2.50. The van der Waals surface area contributed by atoms with Crippen LogP contribution >= 0.6 is 0 Å². The van der Waals surface area contributed by atoms with Gasteiger partial charge in [-0.1, -0.05) is 0 Å². The van der Waals surface area contributed by atoms with Crippen molar-refractivity contribution in [2.75, 3.05) is 0 Å². The Balaban J connectivity index is 2.33. The molecule has 6 heteroatoms. The Hall–Kier alpha value is -2.37. The summed E-state index contributed by atoms with van der Waals surface area (Å²) in [7, 11) is 1.82. The Morgan fingerprint density at radius 3 is 2.81 bits per heavy atom. The standard InChI is InChI=1S/C10H9N5O/c1-14-8(2-4-11-14)7-6-15-9(3-5-12-15)10(16)13-7/h2-6H,1H3,(H,13,16). The molecule has 1 N–H and O–H groups in total. The van der Waals surface area contributed by atoms with E-state index in [1.807, 2.05) is 13.1 Å². The molecule has 0 unspecified atom stereocenters. The van der Waals surface area contributed by atoms with Crippen molar-refractivity contribution in [3.8, 4) is 11.4 Å². The van der Waals surface area contributed by atoms with Crippen LogP contribution in [-0.2, 0) is 7.05 Å². The van der Waals surface area contributed by atoms with Gasteiger partial charge in [0.25, 0.3) is 5.56 Å². The fourth-order valence-electron chi connectivity index (χ4n) is 1.71. The Morgan fingerprint density at radius 1 is 1.25 bits per heavy atom. The predicted octanol–water partition coefficient (Wildman–Crippen LogP) is 0.423. The number of nitrogens with zero attached hydrogens (tertiary/aromatic N) is 4. The summed E-state index contributed by atoms with van der Waals surface area (Å²) in [5.74, 6) is 0. The summed E-state index contributed by atoms with van der Waals surface area (Å²) in [6.45, 7) is 0. The highest BCUT2D eigenvalue weighted by Gasteiger charge is 2.06. The number of aryl methyl sites for hydroxylation is 1. The molecular weight excluding hydrogens is 206 g/mol. The highest BCUT2D eigenvalue weighted by atomic mass is 16.1. The van der Waals surface area contributed by atoms with Crippen LogP contribution in [0.5, 0.6) is 0 Å². The summed E-state index contributed by atoms with van der Waals surface area (Å²) in [4.78, 5) is 14.5. The first kappa shape index (κ1) is 8.90. The first-order valence-corrected chi connectivity index (χ1v) is 4.81. The van der Waals surface area contributed by atoms with Crippen LogP contribution in [0, 0.1) is 0 Å². The Kier molecular flexibility index (Phi) is 1.70. The molecule has 0 saturated carbocycles. The fraction of sp³-hybridized carbons (Fsp3) is 0.100. The molecule has 0 aliphatic heterocycles. The average Bonchev–Trinajstić information content (AvgIpc) is 2.85. The van der Waals surface area contributed by atoms with Gasteiger partial charge >= 0.3 is 0 Å². The number of nitrogens with one attached hydrogen (secondary N) is 1. The normalized spacial score (nSPS) is 11.1. The van der Waals surface area contributed by atoms with E-state index in [0.717, 1.165) is 5.69 Å². The molecular formula is C10H9N5O.